The summed E-state index contributed by atoms with van der Waals surface area (Å²) in [5, 5.41) is 2.82. The fraction of sp³-hybridized carbons (Fsp3) is 0.357. The molecule has 1 atom stereocenters. The average Bonchev–Trinajstić information content (AvgIpc) is 3.14. The van der Waals surface area contributed by atoms with Crippen molar-refractivity contribution in [3.63, 3.8) is 0 Å². The number of aromatic nitrogens is 1. The lowest BCUT2D eigenvalue weighted by Crippen LogP contribution is -2.29. The highest BCUT2D eigenvalue weighted by Crippen LogP contribution is 2.23. The van der Waals surface area contributed by atoms with Gasteiger partial charge in [0.05, 0.1) is 6.54 Å². The van der Waals surface area contributed by atoms with Crippen molar-refractivity contribution in [3.8, 4) is 0 Å². The SMILES string of the molecule is C[C@H](C(=O)NCc1ccc(S(=O)(=O)N(C)C)s1)n1cccc1. The standard InChI is InChI=1S/C14H19N3O3S2/c1-11(17-8-4-5-9-17)14(18)15-10-12-6-7-13(21-12)22(19,20)16(2)3/h4-9,11H,10H2,1-3H3,(H,15,18)/t11-/m1/s1. The number of amides is 1. The third-order valence-electron chi connectivity index (χ3n) is 3.26. The van der Waals surface area contributed by atoms with Crippen LogP contribution in [0.2, 0.25) is 0 Å². The van der Waals surface area contributed by atoms with E-state index in [9.17, 15) is 13.2 Å². The molecule has 8 heteroatoms. The van der Waals surface area contributed by atoms with Crippen molar-refractivity contribution >= 4 is 27.3 Å². The molecule has 0 saturated carbocycles. The Labute approximate surface area is 134 Å². The van der Waals surface area contributed by atoms with Crippen molar-refractivity contribution in [2.45, 2.75) is 23.7 Å². The predicted octanol–water partition coefficient (Wildman–Crippen LogP) is 1.68. The van der Waals surface area contributed by atoms with Crippen molar-refractivity contribution < 1.29 is 13.2 Å². The van der Waals surface area contributed by atoms with E-state index < -0.39 is 10.0 Å². The summed E-state index contributed by atoms with van der Waals surface area (Å²) in [6.45, 7) is 2.13. The van der Waals surface area contributed by atoms with Crippen LogP contribution in [0.15, 0.2) is 40.9 Å². The molecule has 2 heterocycles. The van der Waals surface area contributed by atoms with E-state index in [0.29, 0.717) is 6.54 Å². The van der Waals surface area contributed by atoms with Crippen LogP contribution in [0.4, 0.5) is 0 Å². The minimum Gasteiger partial charge on any atom is -0.349 e. The molecule has 1 amide bonds. The molecule has 0 bridgehead atoms. The van der Waals surface area contributed by atoms with Crippen LogP contribution in [0.1, 0.15) is 17.8 Å². The van der Waals surface area contributed by atoms with E-state index in [1.54, 1.807) is 12.1 Å². The monoisotopic (exact) mass is 341 g/mol. The lowest BCUT2D eigenvalue weighted by atomic mass is 10.3. The zero-order valence-corrected chi connectivity index (χ0v) is 14.3. The molecule has 2 aromatic rings. The number of nitrogens with one attached hydrogen (secondary N) is 1. The Hall–Kier alpha value is -1.64. The topological polar surface area (TPSA) is 71.4 Å². The van der Waals surface area contributed by atoms with Crippen molar-refractivity contribution in [2.75, 3.05) is 14.1 Å². The second-order valence-electron chi connectivity index (χ2n) is 5.03. The summed E-state index contributed by atoms with van der Waals surface area (Å²) >= 11 is 1.17. The minimum atomic E-state index is -3.41. The fourth-order valence-corrected chi connectivity index (χ4v) is 4.30. The zero-order valence-electron chi connectivity index (χ0n) is 12.7. The first kappa shape index (κ1) is 16.7. The summed E-state index contributed by atoms with van der Waals surface area (Å²) in [6.07, 6.45) is 3.66. The van der Waals surface area contributed by atoms with Gasteiger partial charge < -0.3 is 9.88 Å². The van der Waals surface area contributed by atoms with E-state index in [1.807, 2.05) is 36.0 Å². The van der Waals surface area contributed by atoms with Crippen LogP contribution in [0.25, 0.3) is 0 Å². The van der Waals surface area contributed by atoms with Gasteiger partial charge >= 0.3 is 0 Å². The van der Waals surface area contributed by atoms with Gasteiger partial charge in [-0.25, -0.2) is 12.7 Å². The van der Waals surface area contributed by atoms with Crippen molar-refractivity contribution in [1.29, 1.82) is 0 Å². The van der Waals surface area contributed by atoms with Crippen molar-refractivity contribution in [3.05, 3.63) is 41.5 Å². The van der Waals surface area contributed by atoms with Gasteiger partial charge in [0, 0.05) is 31.4 Å². The van der Waals surface area contributed by atoms with Crippen LogP contribution in [0.3, 0.4) is 0 Å². The van der Waals surface area contributed by atoms with Gasteiger partial charge in [0.1, 0.15) is 10.3 Å². The highest BCUT2D eigenvalue weighted by Gasteiger charge is 2.20. The van der Waals surface area contributed by atoms with Crippen LogP contribution >= 0.6 is 11.3 Å². The Balaban J connectivity index is 1.98. The average molecular weight is 341 g/mol. The molecule has 2 rings (SSSR count). The molecule has 0 aromatic carbocycles. The Morgan fingerprint density at radius 1 is 1.32 bits per heavy atom. The zero-order chi connectivity index (χ0) is 16.3. The largest absolute Gasteiger partial charge is 0.349 e. The van der Waals surface area contributed by atoms with Gasteiger partial charge in [-0.05, 0) is 31.2 Å². The number of rotatable bonds is 6. The maximum absolute atomic E-state index is 12.1. The molecule has 6 nitrogen and oxygen atoms in total. The molecule has 2 aromatic heterocycles. The molecule has 0 spiro atoms. The number of hydrogen-bond donors (Lipinski definition) is 1. The van der Waals surface area contributed by atoms with Gasteiger partial charge in [-0.2, -0.15) is 0 Å². The van der Waals surface area contributed by atoms with Crippen LogP contribution in [0.5, 0.6) is 0 Å². The summed E-state index contributed by atoms with van der Waals surface area (Å²) in [7, 11) is -0.421. The maximum atomic E-state index is 12.1. The summed E-state index contributed by atoms with van der Waals surface area (Å²) < 4.78 is 27.3. The summed E-state index contributed by atoms with van der Waals surface area (Å²) in [5.41, 5.74) is 0. The van der Waals surface area contributed by atoms with Gasteiger partial charge in [-0.1, -0.05) is 0 Å². The number of carbonyl (C=O) groups is 1. The molecular weight excluding hydrogens is 322 g/mol. The van der Waals surface area contributed by atoms with Crippen LogP contribution in [0, 0.1) is 0 Å². The third-order valence-corrected chi connectivity index (χ3v) is 6.63. The quantitative estimate of drug-likeness (QED) is 0.869. The van der Waals surface area contributed by atoms with E-state index in [0.717, 1.165) is 4.88 Å². The van der Waals surface area contributed by atoms with Gasteiger partial charge in [0.25, 0.3) is 10.0 Å². The molecule has 0 radical (unpaired) electrons. The first-order valence-corrected chi connectivity index (χ1v) is 8.99. The van der Waals surface area contributed by atoms with Gasteiger partial charge in [-0.3, -0.25) is 4.79 Å². The Morgan fingerprint density at radius 2 is 1.95 bits per heavy atom. The normalized spacial score (nSPS) is 13.3. The van der Waals surface area contributed by atoms with E-state index in [1.165, 1.54) is 29.7 Å². The summed E-state index contributed by atoms with van der Waals surface area (Å²) in [4.78, 5) is 12.9. The van der Waals surface area contributed by atoms with E-state index in [-0.39, 0.29) is 16.2 Å². The lowest BCUT2D eigenvalue weighted by Gasteiger charge is -2.13. The second-order valence-corrected chi connectivity index (χ2v) is 8.58. The molecule has 22 heavy (non-hydrogen) atoms. The highest BCUT2D eigenvalue weighted by atomic mass is 32.2. The van der Waals surface area contributed by atoms with Crippen molar-refractivity contribution in [2.24, 2.45) is 0 Å². The van der Waals surface area contributed by atoms with Crippen LogP contribution in [-0.4, -0.2) is 37.3 Å². The number of sulfonamides is 1. The smallest absolute Gasteiger partial charge is 0.252 e. The molecule has 0 fully saturated rings. The Kier molecular flexibility index (Phi) is 5.05. The van der Waals surface area contributed by atoms with E-state index >= 15 is 0 Å². The molecule has 0 aliphatic carbocycles. The summed E-state index contributed by atoms with van der Waals surface area (Å²) in [5.74, 6) is -0.110. The van der Waals surface area contributed by atoms with Gasteiger partial charge in [0.15, 0.2) is 0 Å². The Bertz CT molecular complexity index is 733. The minimum absolute atomic E-state index is 0.110. The van der Waals surface area contributed by atoms with Crippen LogP contribution in [-0.2, 0) is 21.4 Å². The Morgan fingerprint density at radius 3 is 2.55 bits per heavy atom. The third kappa shape index (κ3) is 3.57. The molecular formula is C14H19N3O3S2. The molecule has 0 aliphatic heterocycles. The number of hydrogen-bond acceptors (Lipinski definition) is 4. The maximum Gasteiger partial charge on any atom is 0.252 e. The van der Waals surface area contributed by atoms with Gasteiger partial charge in [0.2, 0.25) is 5.91 Å². The van der Waals surface area contributed by atoms with Gasteiger partial charge in [-0.15, -0.1) is 11.3 Å². The highest BCUT2D eigenvalue weighted by molar-refractivity contribution is 7.91. The number of thiophene rings is 1. The predicted molar refractivity (Wildman–Crippen MR) is 86.2 cm³/mol. The first-order chi connectivity index (χ1) is 10.3. The molecule has 1 N–H and O–H groups in total. The van der Waals surface area contributed by atoms with Crippen molar-refractivity contribution in [1.82, 2.24) is 14.2 Å². The molecule has 0 saturated heterocycles. The van der Waals surface area contributed by atoms with Crippen LogP contribution < -0.4 is 5.32 Å². The first-order valence-electron chi connectivity index (χ1n) is 6.74. The molecule has 0 unspecified atom stereocenters. The summed E-state index contributed by atoms with van der Waals surface area (Å²) in [6, 6.07) is 6.71. The molecule has 120 valence electrons. The number of nitrogens with zero attached hydrogens (tertiary/aromatic N) is 2. The second kappa shape index (κ2) is 6.64. The van der Waals surface area contributed by atoms with E-state index in [2.05, 4.69) is 5.32 Å². The fourth-order valence-electron chi connectivity index (χ4n) is 1.84. The van der Waals surface area contributed by atoms with E-state index in [4.69, 9.17) is 0 Å². The number of carbonyl (C=O) groups excluding carboxylic acids is 1. The molecule has 0 aliphatic rings. The lowest BCUT2D eigenvalue weighted by molar-refractivity contribution is -0.124.